The normalized spacial score (nSPS) is 13.0. The van der Waals surface area contributed by atoms with Crippen molar-refractivity contribution in [3.05, 3.63) is 23.9 Å². The van der Waals surface area contributed by atoms with E-state index in [4.69, 9.17) is 5.73 Å². The van der Waals surface area contributed by atoms with Crippen LogP contribution >= 0.6 is 11.8 Å². The number of thioether (sulfide) groups is 1. The summed E-state index contributed by atoms with van der Waals surface area (Å²) in [4.78, 5) is 4.00. The van der Waals surface area contributed by atoms with Gasteiger partial charge >= 0.3 is 0 Å². The summed E-state index contributed by atoms with van der Waals surface area (Å²) in [6, 6.07) is 4.47. The largest absolute Gasteiger partial charge is 0.384 e. The Labute approximate surface area is 102 Å². The first kappa shape index (κ1) is 13.3. The van der Waals surface area contributed by atoms with Gasteiger partial charge in [0.25, 0.3) is 0 Å². The van der Waals surface area contributed by atoms with Crippen LogP contribution in [-0.4, -0.2) is 29.1 Å². The second kappa shape index (κ2) is 6.76. The number of nitrogens with two attached hydrogens (primary N) is 1. The van der Waals surface area contributed by atoms with E-state index in [0.717, 1.165) is 12.2 Å². The molecule has 0 aliphatic rings. The molecule has 3 nitrogen and oxygen atoms in total. The molecule has 4 heteroatoms. The summed E-state index contributed by atoms with van der Waals surface area (Å²) < 4.78 is 0. The van der Waals surface area contributed by atoms with Crippen molar-refractivity contribution >= 4 is 17.6 Å². The van der Waals surface area contributed by atoms with E-state index in [0.29, 0.717) is 17.1 Å². The molecular weight excluding hydrogens is 218 g/mol. The minimum absolute atomic E-state index is 0.495. The number of anilines is 1. The van der Waals surface area contributed by atoms with E-state index in [1.54, 1.807) is 6.20 Å². The fourth-order valence-corrected chi connectivity index (χ4v) is 2.36. The van der Waals surface area contributed by atoms with Crippen molar-refractivity contribution < 1.29 is 0 Å². The van der Waals surface area contributed by atoms with Gasteiger partial charge in [-0.2, -0.15) is 11.8 Å². The highest BCUT2D eigenvalue weighted by molar-refractivity contribution is 7.99. The third-order valence-corrected chi connectivity index (χ3v) is 3.63. The molecule has 0 spiro atoms. The van der Waals surface area contributed by atoms with Gasteiger partial charge in [0.15, 0.2) is 0 Å². The topological polar surface area (TPSA) is 50.9 Å². The van der Waals surface area contributed by atoms with Gasteiger partial charge in [0.2, 0.25) is 0 Å². The van der Waals surface area contributed by atoms with E-state index in [1.165, 1.54) is 5.56 Å². The highest BCUT2D eigenvalue weighted by atomic mass is 32.2. The first-order valence-corrected chi connectivity index (χ1v) is 6.66. The summed E-state index contributed by atoms with van der Waals surface area (Å²) in [7, 11) is 2.01. The zero-order chi connectivity index (χ0) is 12.0. The van der Waals surface area contributed by atoms with Crippen LogP contribution in [0.4, 0.5) is 5.82 Å². The number of rotatable bonds is 6. The summed E-state index contributed by atoms with van der Waals surface area (Å²) in [5, 5.41) is 4.02. The summed E-state index contributed by atoms with van der Waals surface area (Å²) in [5.41, 5.74) is 6.91. The van der Waals surface area contributed by atoms with Gasteiger partial charge in [0.1, 0.15) is 5.82 Å². The number of likely N-dealkylation sites (N-methyl/N-ethyl adjacent to an activating group) is 1. The third-order valence-electron chi connectivity index (χ3n) is 2.37. The Hall–Kier alpha value is -0.740. The Balaban J connectivity index is 2.49. The summed E-state index contributed by atoms with van der Waals surface area (Å²) in [5.74, 6) is 1.72. The van der Waals surface area contributed by atoms with Crippen LogP contribution in [0.1, 0.15) is 19.4 Å². The fourth-order valence-electron chi connectivity index (χ4n) is 1.46. The zero-order valence-corrected chi connectivity index (χ0v) is 11.1. The lowest BCUT2D eigenvalue weighted by Gasteiger charge is -2.17. The van der Waals surface area contributed by atoms with Crippen LogP contribution in [0.2, 0.25) is 0 Å². The standard InChI is InChI=1S/C12H21N3S/c1-9(2)16-8-11(14-3)6-10-4-5-15-12(13)7-10/h4-5,7,9,11,14H,6,8H2,1-3H3,(H2,13,15). The van der Waals surface area contributed by atoms with Gasteiger partial charge in [-0.15, -0.1) is 0 Å². The molecular formula is C12H21N3S. The molecule has 0 bridgehead atoms. The van der Waals surface area contributed by atoms with Crippen molar-refractivity contribution in [2.75, 3.05) is 18.5 Å². The SMILES string of the molecule is CNC(CSC(C)C)Cc1ccnc(N)c1. The predicted molar refractivity (Wildman–Crippen MR) is 72.8 cm³/mol. The lowest BCUT2D eigenvalue weighted by molar-refractivity contribution is 0.616. The number of aromatic nitrogens is 1. The second-order valence-electron chi connectivity index (χ2n) is 4.16. The average molecular weight is 239 g/mol. The number of hydrogen-bond donors (Lipinski definition) is 2. The number of pyridine rings is 1. The van der Waals surface area contributed by atoms with E-state index in [-0.39, 0.29) is 0 Å². The van der Waals surface area contributed by atoms with Crippen LogP contribution in [0.15, 0.2) is 18.3 Å². The molecule has 0 saturated heterocycles. The van der Waals surface area contributed by atoms with Crippen molar-refractivity contribution in [3.8, 4) is 0 Å². The van der Waals surface area contributed by atoms with Crippen molar-refractivity contribution in [2.24, 2.45) is 0 Å². The molecule has 0 saturated carbocycles. The first-order valence-electron chi connectivity index (χ1n) is 5.61. The van der Waals surface area contributed by atoms with E-state index in [1.807, 2.05) is 30.9 Å². The third kappa shape index (κ3) is 4.86. The van der Waals surface area contributed by atoms with E-state index >= 15 is 0 Å². The van der Waals surface area contributed by atoms with Gasteiger partial charge in [-0.3, -0.25) is 0 Å². The van der Waals surface area contributed by atoms with Crippen LogP contribution in [0.25, 0.3) is 0 Å². The van der Waals surface area contributed by atoms with E-state index in [9.17, 15) is 0 Å². The maximum absolute atomic E-state index is 5.66. The van der Waals surface area contributed by atoms with Crippen LogP contribution in [0.3, 0.4) is 0 Å². The number of hydrogen-bond acceptors (Lipinski definition) is 4. The van der Waals surface area contributed by atoms with E-state index in [2.05, 4.69) is 24.1 Å². The minimum atomic E-state index is 0.495. The Bertz CT molecular complexity index is 315. The molecule has 0 fully saturated rings. The number of nitrogens with zero attached hydrogens (tertiary/aromatic N) is 1. The average Bonchev–Trinajstić information content (AvgIpc) is 2.24. The van der Waals surface area contributed by atoms with Crippen molar-refractivity contribution in [1.29, 1.82) is 0 Å². The molecule has 16 heavy (non-hydrogen) atoms. The van der Waals surface area contributed by atoms with Gasteiger partial charge < -0.3 is 11.1 Å². The molecule has 1 rings (SSSR count). The van der Waals surface area contributed by atoms with Gasteiger partial charge in [-0.1, -0.05) is 13.8 Å². The predicted octanol–water partition coefficient (Wildman–Crippen LogP) is 1.94. The number of nitrogens with one attached hydrogen (secondary N) is 1. The van der Waals surface area contributed by atoms with Gasteiger partial charge in [0.05, 0.1) is 0 Å². The Morgan fingerprint density at radius 3 is 2.81 bits per heavy atom. The van der Waals surface area contributed by atoms with Crippen LogP contribution in [-0.2, 0) is 6.42 Å². The van der Waals surface area contributed by atoms with Crippen LogP contribution in [0.5, 0.6) is 0 Å². The summed E-state index contributed by atoms with van der Waals surface area (Å²) in [6.07, 6.45) is 2.77. The lowest BCUT2D eigenvalue weighted by Crippen LogP contribution is -2.30. The zero-order valence-electron chi connectivity index (χ0n) is 10.2. The highest BCUT2D eigenvalue weighted by Gasteiger charge is 2.08. The van der Waals surface area contributed by atoms with Gasteiger partial charge in [-0.25, -0.2) is 4.98 Å². The summed E-state index contributed by atoms with van der Waals surface area (Å²) >= 11 is 1.98. The molecule has 1 aromatic rings. The van der Waals surface area contributed by atoms with Crippen LogP contribution in [0, 0.1) is 0 Å². The highest BCUT2D eigenvalue weighted by Crippen LogP contribution is 2.14. The molecule has 0 aromatic carbocycles. The van der Waals surface area contributed by atoms with E-state index < -0.39 is 0 Å². The molecule has 3 N–H and O–H groups in total. The molecule has 1 atom stereocenters. The molecule has 90 valence electrons. The molecule has 1 aromatic heterocycles. The molecule has 1 heterocycles. The quantitative estimate of drug-likeness (QED) is 0.796. The Morgan fingerprint density at radius 2 is 2.25 bits per heavy atom. The van der Waals surface area contributed by atoms with Crippen molar-refractivity contribution in [1.82, 2.24) is 10.3 Å². The van der Waals surface area contributed by atoms with Crippen LogP contribution < -0.4 is 11.1 Å². The van der Waals surface area contributed by atoms with Crippen molar-refractivity contribution in [2.45, 2.75) is 31.6 Å². The van der Waals surface area contributed by atoms with Gasteiger partial charge in [0, 0.05) is 18.0 Å². The second-order valence-corrected chi connectivity index (χ2v) is 5.77. The molecule has 0 amide bonds. The maximum atomic E-state index is 5.66. The lowest BCUT2D eigenvalue weighted by atomic mass is 10.1. The molecule has 1 unspecified atom stereocenters. The Morgan fingerprint density at radius 1 is 1.50 bits per heavy atom. The monoisotopic (exact) mass is 239 g/mol. The fraction of sp³-hybridized carbons (Fsp3) is 0.583. The first-order chi connectivity index (χ1) is 7.61. The molecule has 0 aliphatic carbocycles. The maximum Gasteiger partial charge on any atom is 0.123 e. The number of nitrogen functional groups attached to an aromatic ring is 1. The Kier molecular flexibility index (Phi) is 5.63. The molecule has 0 radical (unpaired) electrons. The molecule has 0 aliphatic heterocycles. The summed E-state index contributed by atoms with van der Waals surface area (Å²) in [6.45, 7) is 4.45. The smallest absolute Gasteiger partial charge is 0.123 e. The van der Waals surface area contributed by atoms with Crippen molar-refractivity contribution in [3.63, 3.8) is 0 Å². The minimum Gasteiger partial charge on any atom is -0.384 e. The van der Waals surface area contributed by atoms with Gasteiger partial charge in [-0.05, 0) is 36.4 Å².